The first kappa shape index (κ1) is 27.6. The Kier molecular flexibility index (Phi) is 7.98. The highest BCUT2D eigenvalue weighted by atomic mass is 32.2. The van der Waals surface area contributed by atoms with Crippen LogP contribution in [-0.4, -0.2) is 47.7 Å². The van der Waals surface area contributed by atoms with Gasteiger partial charge in [0, 0.05) is 28.8 Å². The molecule has 42 heavy (non-hydrogen) atoms. The van der Waals surface area contributed by atoms with Crippen molar-refractivity contribution in [2.75, 3.05) is 19.5 Å². The summed E-state index contributed by atoms with van der Waals surface area (Å²) in [5.41, 5.74) is 2.45. The molecule has 0 aliphatic carbocycles. The summed E-state index contributed by atoms with van der Waals surface area (Å²) in [6, 6.07) is 25.0. The van der Waals surface area contributed by atoms with Gasteiger partial charge < -0.3 is 23.4 Å². The van der Waals surface area contributed by atoms with Gasteiger partial charge in [-0.05, 0) is 41.5 Å². The molecule has 10 heteroatoms. The lowest BCUT2D eigenvalue weighted by Gasteiger charge is -2.49. The van der Waals surface area contributed by atoms with E-state index in [0.717, 1.165) is 16.5 Å². The van der Waals surface area contributed by atoms with Crippen molar-refractivity contribution in [1.29, 1.82) is 0 Å². The third kappa shape index (κ3) is 5.77. The number of rotatable bonds is 10. The summed E-state index contributed by atoms with van der Waals surface area (Å²) in [6.45, 7) is 0.351. The minimum Gasteiger partial charge on any atom is -0.497 e. The van der Waals surface area contributed by atoms with Crippen molar-refractivity contribution in [3.63, 3.8) is 0 Å². The average molecular weight is 586 g/mol. The lowest BCUT2D eigenvalue weighted by Crippen LogP contribution is -2.66. The largest absolute Gasteiger partial charge is 0.497 e. The lowest BCUT2D eigenvalue weighted by atomic mass is 10.1. The zero-order chi connectivity index (χ0) is 29.1. The number of nitrogens with zero attached hydrogens (tertiary/aromatic N) is 1. The van der Waals surface area contributed by atoms with Crippen LogP contribution in [-0.2, 0) is 32.3 Å². The third-order valence-electron chi connectivity index (χ3n) is 7.00. The van der Waals surface area contributed by atoms with Crippen LogP contribution < -0.4 is 15.1 Å². The molecule has 3 aromatic carbocycles. The Morgan fingerprint density at radius 2 is 1.64 bits per heavy atom. The highest BCUT2D eigenvalue weighted by Gasteiger charge is 2.54. The standard InChI is InChI=1S/C32H27NO8S/c1-37-24-11-7-21(8-12-24)17-40-32(36)28-23(18-38-25-13-9-22-10-14-27(34)41-26(22)15-25)19-42-31-29(30(35)33(28)31)39-16-20-5-3-2-4-6-20/h2-15,29,31H,16-19H2,1H3/t29-,31-/m0/s1. The molecule has 2 atom stereocenters. The molecule has 0 unspecified atom stereocenters. The first-order chi connectivity index (χ1) is 20.5. The van der Waals surface area contributed by atoms with Crippen molar-refractivity contribution >= 4 is 34.6 Å². The Morgan fingerprint density at radius 3 is 2.43 bits per heavy atom. The van der Waals surface area contributed by atoms with Gasteiger partial charge >= 0.3 is 11.6 Å². The van der Waals surface area contributed by atoms with E-state index in [0.29, 0.717) is 28.4 Å². The minimum absolute atomic E-state index is 0.0257. The van der Waals surface area contributed by atoms with Crippen LogP contribution in [0.1, 0.15) is 11.1 Å². The Morgan fingerprint density at radius 1 is 0.905 bits per heavy atom. The number of hydrogen-bond donors (Lipinski definition) is 0. The first-order valence-corrected chi connectivity index (χ1v) is 14.3. The molecular formula is C32H27NO8S. The molecule has 214 valence electrons. The van der Waals surface area contributed by atoms with E-state index in [4.69, 9.17) is 23.4 Å². The number of amides is 1. The molecule has 2 aliphatic heterocycles. The molecule has 9 nitrogen and oxygen atoms in total. The molecular weight excluding hydrogens is 558 g/mol. The summed E-state index contributed by atoms with van der Waals surface area (Å²) < 4.78 is 28.1. The van der Waals surface area contributed by atoms with Crippen LogP contribution in [0, 0.1) is 0 Å². The monoisotopic (exact) mass is 585 g/mol. The lowest BCUT2D eigenvalue weighted by molar-refractivity contribution is -0.167. The SMILES string of the molecule is COc1ccc(COC(=O)C2=C(COc3ccc4ccc(=O)oc4c3)CS[C@H]3[C@@H](OCc4ccccc4)C(=O)N23)cc1. The molecule has 6 rings (SSSR count). The van der Waals surface area contributed by atoms with E-state index in [-0.39, 0.29) is 36.8 Å². The Bertz CT molecular complexity index is 1700. The van der Waals surface area contributed by atoms with Crippen molar-refractivity contribution in [1.82, 2.24) is 4.90 Å². The molecule has 0 spiro atoms. The molecule has 4 aromatic rings. The summed E-state index contributed by atoms with van der Waals surface area (Å²) in [5.74, 6) is 0.676. The second-order valence-electron chi connectivity index (χ2n) is 9.75. The summed E-state index contributed by atoms with van der Waals surface area (Å²) in [6.07, 6.45) is -0.676. The topological polar surface area (TPSA) is 105 Å². The summed E-state index contributed by atoms with van der Waals surface area (Å²) in [4.78, 5) is 39.9. The van der Waals surface area contributed by atoms with Crippen LogP contribution in [0.3, 0.4) is 0 Å². The van der Waals surface area contributed by atoms with E-state index in [1.54, 1.807) is 43.5 Å². The second-order valence-corrected chi connectivity index (χ2v) is 10.9. The van der Waals surface area contributed by atoms with Gasteiger partial charge in [-0.15, -0.1) is 11.8 Å². The van der Waals surface area contributed by atoms with Crippen LogP contribution in [0.2, 0.25) is 0 Å². The molecule has 1 fully saturated rings. The van der Waals surface area contributed by atoms with Crippen LogP contribution in [0.25, 0.3) is 11.0 Å². The summed E-state index contributed by atoms with van der Waals surface area (Å²) in [5, 5.41) is 0.399. The van der Waals surface area contributed by atoms with Crippen LogP contribution in [0.5, 0.6) is 11.5 Å². The zero-order valence-electron chi connectivity index (χ0n) is 22.7. The number of thioether (sulfide) groups is 1. The summed E-state index contributed by atoms with van der Waals surface area (Å²) >= 11 is 1.51. The Labute approximate surface area is 245 Å². The smallest absolute Gasteiger partial charge is 0.355 e. The second kappa shape index (κ2) is 12.1. The molecule has 2 aliphatic rings. The zero-order valence-corrected chi connectivity index (χ0v) is 23.5. The predicted molar refractivity (Wildman–Crippen MR) is 156 cm³/mol. The Hall–Kier alpha value is -4.54. The molecule has 0 N–H and O–H groups in total. The van der Waals surface area contributed by atoms with Gasteiger partial charge in [0.15, 0.2) is 6.10 Å². The number of carbonyl (C=O) groups excluding carboxylic acids is 2. The quantitative estimate of drug-likeness (QED) is 0.149. The molecule has 1 amide bonds. The molecule has 0 saturated carbocycles. The normalized spacial score (nSPS) is 17.9. The minimum atomic E-state index is -0.676. The van der Waals surface area contributed by atoms with Crippen LogP contribution in [0.15, 0.2) is 105 Å². The maximum atomic E-state index is 13.5. The molecule has 1 saturated heterocycles. The number of β-lactam (4-membered cyclic amide) rings is 1. The van der Waals surface area contributed by atoms with Gasteiger partial charge in [-0.2, -0.15) is 0 Å². The number of esters is 1. The first-order valence-electron chi connectivity index (χ1n) is 13.3. The highest BCUT2D eigenvalue weighted by Crippen LogP contribution is 2.42. The van der Waals surface area contributed by atoms with Crippen LogP contribution >= 0.6 is 11.8 Å². The number of fused-ring (bicyclic) bond motifs is 2. The maximum absolute atomic E-state index is 13.5. The van der Waals surface area contributed by atoms with Gasteiger partial charge in [-0.25, -0.2) is 9.59 Å². The van der Waals surface area contributed by atoms with E-state index >= 15 is 0 Å². The predicted octanol–water partition coefficient (Wildman–Crippen LogP) is 4.68. The van der Waals surface area contributed by atoms with Crippen molar-refractivity contribution in [2.24, 2.45) is 0 Å². The van der Waals surface area contributed by atoms with E-state index in [9.17, 15) is 14.4 Å². The van der Waals surface area contributed by atoms with Gasteiger partial charge in [0.2, 0.25) is 0 Å². The fourth-order valence-corrected chi connectivity index (χ4v) is 6.09. The summed E-state index contributed by atoms with van der Waals surface area (Å²) in [7, 11) is 1.58. The average Bonchev–Trinajstić information content (AvgIpc) is 3.02. The van der Waals surface area contributed by atoms with Crippen molar-refractivity contribution < 1.29 is 33.0 Å². The number of methoxy groups -OCH3 is 1. The van der Waals surface area contributed by atoms with E-state index in [2.05, 4.69) is 0 Å². The fraction of sp³-hybridized carbons (Fsp3) is 0.219. The van der Waals surface area contributed by atoms with Crippen molar-refractivity contribution in [3.05, 3.63) is 118 Å². The fourth-order valence-electron chi connectivity index (χ4n) is 4.77. The third-order valence-corrected chi connectivity index (χ3v) is 8.32. The maximum Gasteiger partial charge on any atom is 0.355 e. The van der Waals surface area contributed by atoms with E-state index in [1.807, 2.05) is 42.5 Å². The van der Waals surface area contributed by atoms with Crippen LogP contribution in [0.4, 0.5) is 0 Å². The Balaban J connectivity index is 1.21. The molecule has 0 radical (unpaired) electrons. The van der Waals surface area contributed by atoms with Gasteiger partial charge in [0.25, 0.3) is 5.91 Å². The van der Waals surface area contributed by atoms with Crippen molar-refractivity contribution in [3.8, 4) is 11.5 Å². The molecule has 0 bridgehead atoms. The van der Waals surface area contributed by atoms with E-state index in [1.165, 1.54) is 22.7 Å². The van der Waals surface area contributed by atoms with Gasteiger partial charge in [0.1, 0.15) is 41.4 Å². The number of carbonyl (C=O) groups is 2. The highest BCUT2D eigenvalue weighted by molar-refractivity contribution is 8.00. The van der Waals surface area contributed by atoms with Gasteiger partial charge in [0.05, 0.1) is 13.7 Å². The molecule has 3 heterocycles. The number of ether oxygens (including phenoxy) is 4. The number of hydrogen-bond acceptors (Lipinski definition) is 9. The van der Waals surface area contributed by atoms with Gasteiger partial charge in [-0.1, -0.05) is 42.5 Å². The van der Waals surface area contributed by atoms with Gasteiger partial charge in [-0.3, -0.25) is 9.69 Å². The van der Waals surface area contributed by atoms with Crippen molar-refractivity contribution in [2.45, 2.75) is 24.7 Å². The molecule has 1 aromatic heterocycles. The van der Waals surface area contributed by atoms with E-state index < -0.39 is 17.7 Å². The number of benzene rings is 3.